The Balaban J connectivity index is 2.23. The highest BCUT2D eigenvalue weighted by atomic mass is 16.5. The van der Waals surface area contributed by atoms with Gasteiger partial charge in [-0.2, -0.15) is 10.2 Å². The van der Waals surface area contributed by atoms with Crippen LogP contribution in [0.2, 0.25) is 0 Å². The number of hydrogen-bond donors (Lipinski definition) is 1. The Kier molecular flexibility index (Phi) is 3.31. The van der Waals surface area contributed by atoms with Crippen LogP contribution in [-0.4, -0.2) is 30.0 Å². The van der Waals surface area contributed by atoms with Crippen molar-refractivity contribution in [3.05, 3.63) is 30.5 Å². The van der Waals surface area contributed by atoms with Crippen molar-refractivity contribution in [2.45, 2.75) is 13.0 Å². The van der Waals surface area contributed by atoms with E-state index in [1.165, 1.54) is 0 Å². The highest BCUT2D eigenvalue weighted by Gasteiger charge is 2.03. The zero-order valence-electron chi connectivity index (χ0n) is 9.47. The fourth-order valence-electron chi connectivity index (χ4n) is 1.48. The first-order valence-electron chi connectivity index (χ1n) is 5.28. The predicted molar refractivity (Wildman–Crippen MR) is 64.5 cm³/mol. The van der Waals surface area contributed by atoms with Gasteiger partial charge in [-0.3, -0.25) is 0 Å². The molecule has 1 atom stereocenters. The Morgan fingerprint density at radius 3 is 3.00 bits per heavy atom. The summed E-state index contributed by atoms with van der Waals surface area (Å²) >= 11 is 0. The maximum atomic E-state index is 5.19. The highest BCUT2D eigenvalue weighted by Crippen LogP contribution is 2.19. The van der Waals surface area contributed by atoms with Crippen LogP contribution in [0.4, 0.5) is 5.69 Å². The van der Waals surface area contributed by atoms with E-state index >= 15 is 0 Å². The van der Waals surface area contributed by atoms with Crippen LogP contribution < -0.4 is 5.32 Å². The van der Waals surface area contributed by atoms with Gasteiger partial charge in [-0.25, -0.2) is 0 Å². The molecule has 1 unspecified atom stereocenters. The average molecular weight is 217 g/mol. The van der Waals surface area contributed by atoms with Gasteiger partial charge in [-0.15, -0.1) is 0 Å². The van der Waals surface area contributed by atoms with E-state index in [0.717, 1.165) is 23.1 Å². The molecule has 1 aromatic heterocycles. The lowest BCUT2D eigenvalue weighted by molar-refractivity contribution is 0.129. The fraction of sp³-hybridized carbons (Fsp3) is 0.333. The minimum atomic E-state index is 0.173. The maximum Gasteiger partial charge on any atom is 0.0950 e. The molecule has 0 saturated heterocycles. The molecular formula is C12H15N3O. The van der Waals surface area contributed by atoms with Crippen molar-refractivity contribution in [3.8, 4) is 0 Å². The third kappa shape index (κ3) is 2.28. The van der Waals surface area contributed by atoms with Gasteiger partial charge in [0.1, 0.15) is 0 Å². The molecule has 0 bridgehead atoms. The summed E-state index contributed by atoms with van der Waals surface area (Å²) in [5.41, 5.74) is 1.90. The lowest BCUT2D eigenvalue weighted by Gasteiger charge is -2.12. The summed E-state index contributed by atoms with van der Waals surface area (Å²) in [5.74, 6) is 0. The predicted octanol–water partition coefficient (Wildman–Crippen LogP) is 2.08. The number of fused-ring (bicyclic) bond motifs is 1. The molecule has 2 rings (SSSR count). The van der Waals surface area contributed by atoms with Crippen LogP contribution in [-0.2, 0) is 4.74 Å². The smallest absolute Gasteiger partial charge is 0.0950 e. The molecule has 0 fully saturated rings. The van der Waals surface area contributed by atoms with E-state index in [1.807, 2.05) is 31.2 Å². The summed E-state index contributed by atoms with van der Waals surface area (Å²) in [6.45, 7) is 2.77. The van der Waals surface area contributed by atoms with Gasteiger partial charge in [0, 0.05) is 19.0 Å². The summed E-state index contributed by atoms with van der Waals surface area (Å²) in [5, 5.41) is 12.4. The molecule has 16 heavy (non-hydrogen) atoms. The second-order valence-electron chi connectivity index (χ2n) is 3.70. The molecule has 4 heteroatoms. The van der Waals surface area contributed by atoms with E-state index in [1.54, 1.807) is 13.3 Å². The van der Waals surface area contributed by atoms with E-state index < -0.39 is 0 Å². The van der Waals surface area contributed by atoms with E-state index in [2.05, 4.69) is 15.5 Å². The zero-order chi connectivity index (χ0) is 11.4. The Bertz CT molecular complexity index is 467. The zero-order valence-corrected chi connectivity index (χ0v) is 9.47. The molecule has 1 aromatic carbocycles. The fourth-order valence-corrected chi connectivity index (χ4v) is 1.48. The molecule has 84 valence electrons. The van der Waals surface area contributed by atoms with E-state index in [4.69, 9.17) is 4.74 Å². The van der Waals surface area contributed by atoms with Crippen molar-refractivity contribution in [1.82, 2.24) is 10.2 Å². The van der Waals surface area contributed by atoms with Crippen LogP contribution >= 0.6 is 0 Å². The number of rotatable bonds is 4. The summed E-state index contributed by atoms with van der Waals surface area (Å²) in [4.78, 5) is 0. The molecule has 4 nitrogen and oxygen atoms in total. The summed E-state index contributed by atoms with van der Waals surface area (Å²) < 4.78 is 5.19. The summed E-state index contributed by atoms with van der Waals surface area (Å²) in [6, 6.07) is 7.94. The molecular weight excluding hydrogens is 202 g/mol. The second kappa shape index (κ2) is 4.90. The first kappa shape index (κ1) is 10.8. The quantitative estimate of drug-likeness (QED) is 0.851. The highest BCUT2D eigenvalue weighted by molar-refractivity contribution is 5.90. The van der Waals surface area contributed by atoms with Crippen LogP contribution in [0, 0.1) is 0 Å². The standard InChI is InChI=1S/C12H15N3O/c1-9(16-2)7-13-12-8-14-15-11-6-4-3-5-10(11)12/h3-6,8-9H,7H2,1-2H3,(H,13,15). The van der Waals surface area contributed by atoms with Gasteiger partial charge >= 0.3 is 0 Å². The molecule has 0 radical (unpaired) electrons. The Labute approximate surface area is 94.6 Å². The normalized spacial score (nSPS) is 12.6. The number of hydrogen-bond acceptors (Lipinski definition) is 4. The molecule has 2 aromatic rings. The molecule has 0 amide bonds. The van der Waals surface area contributed by atoms with Gasteiger partial charge in [0.2, 0.25) is 0 Å². The molecule has 0 spiro atoms. The van der Waals surface area contributed by atoms with Crippen LogP contribution in [0.1, 0.15) is 6.92 Å². The number of nitrogens with zero attached hydrogens (tertiary/aromatic N) is 2. The van der Waals surface area contributed by atoms with Gasteiger partial charge < -0.3 is 10.1 Å². The lowest BCUT2D eigenvalue weighted by atomic mass is 10.2. The average Bonchev–Trinajstić information content (AvgIpc) is 2.35. The third-order valence-electron chi connectivity index (χ3n) is 2.53. The minimum Gasteiger partial charge on any atom is -0.381 e. The van der Waals surface area contributed by atoms with E-state index in [0.29, 0.717) is 0 Å². The summed E-state index contributed by atoms with van der Waals surface area (Å²) in [7, 11) is 1.70. The van der Waals surface area contributed by atoms with E-state index in [9.17, 15) is 0 Å². The topological polar surface area (TPSA) is 47.0 Å². The largest absolute Gasteiger partial charge is 0.381 e. The van der Waals surface area contributed by atoms with Crippen molar-refractivity contribution in [2.75, 3.05) is 19.0 Å². The van der Waals surface area contributed by atoms with Crippen molar-refractivity contribution in [2.24, 2.45) is 0 Å². The van der Waals surface area contributed by atoms with Crippen LogP contribution in [0.25, 0.3) is 10.9 Å². The minimum absolute atomic E-state index is 0.173. The Hall–Kier alpha value is -1.68. The monoisotopic (exact) mass is 217 g/mol. The second-order valence-corrected chi connectivity index (χ2v) is 3.70. The van der Waals surface area contributed by atoms with Crippen molar-refractivity contribution < 1.29 is 4.74 Å². The molecule has 1 heterocycles. The Morgan fingerprint density at radius 2 is 2.19 bits per heavy atom. The molecule has 1 N–H and O–H groups in total. The first-order chi connectivity index (χ1) is 7.81. The van der Waals surface area contributed by atoms with Gasteiger partial charge in [-0.05, 0) is 13.0 Å². The van der Waals surface area contributed by atoms with Gasteiger partial charge in [-0.1, -0.05) is 18.2 Å². The number of methoxy groups -OCH3 is 1. The number of ether oxygens (including phenoxy) is 1. The van der Waals surface area contributed by atoms with Crippen LogP contribution in [0.3, 0.4) is 0 Å². The van der Waals surface area contributed by atoms with Gasteiger partial charge in [0.15, 0.2) is 0 Å². The molecule has 0 aliphatic rings. The number of anilines is 1. The number of aromatic nitrogens is 2. The molecule has 0 aliphatic carbocycles. The maximum absolute atomic E-state index is 5.19. The molecule has 0 saturated carbocycles. The van der Waals surface area contributed by atoms with E-state index in [-0.39, 0.29) is 6.10 Å². The SMILES string of the molecule is COC(C)CNc1cnnc2ccccc12. The number of benzene rings is 1. The van der Waals surface area contributed by atoms with Crippen LogP contribution in [0.15, 0.2) is 30.5 Å². The third-order valence-corrected chi connectivity index (χ3v) is 2.53. The lowest BCUT2D eigenvalue weighted by Crippen LogP contribution is -2.18. The first-order valence-corrected chi connectivity index (χ1v) is 5.28. The summed E-state index contributed by atoms with van der Waals surface area (Å²) in [6.07, 6.45) is 1.91. The van der Waals surface area contributed by atoms with Crippen molar-refractivity contribution in [1.29, 1.82) is 0 Å². The van der Waals surface area contributed by atoms with Gasteiger partial charge in [0.25, 0.3) is 0 Å². The van der Waals surface area contributed by atoms with Crippen LogP contribution in [0.5, 0.6) is 0 Å². The van der Waals surface area contributed by atoms with Crippen molar-refractivity contribution >= 4 is 16.6 Å². The molecule has 0 aliphatic heterocycles. The Morgan fingerprint density at radius 1 is 1.38 bits per heavy atom. The van der Waals surface area contributed by atoms with Gasteiger partial charge in [0.05, 0.1) is 23.5 Å². The number of nitrogens with one attached hydrogen (secondary N) is 1. The van der Waals surface area contributed by atoms with Crippen molar-refractivity contribution in [3.63, 3.8) is 0 Å².